The van der Waals surface area contributed by atoms with Gasteiger partial charge in [-0.25, -0.2) is 9.98 Å². The van der Waals surface area contributed by atoms with E-state index in [1.54, 1.807) is 7.11 Å². The van der Waals surface area contributed by atoms with Crippen LogP contribution in [0.15, 0.2) is 27.5 Å². The minimum atomic E-state index is -0.0237. The van der Waals surface area contributed by atoms with Crippen LogP contribution in [0.4, 0.5) is 0 Å². The highest BCUT2D eigenvalue weighted by Crippen LogP contribution is 2.41. The molecule has 2 fully saturated rings. The number of hydrogen-bond donors (Lipinski definition) is 1. The van der Waals surface area contributed by atoms with Gasteiger partial charge < -0.3 is 15.0 Å². The summed E-state index contributed by atoms with van der Waals surface area (Å²) in [5, 5.41) is 3.46. The second-order valence-corrected chi connectivity index (χ2v) is 9.14. The van der Waals surface area contributed by atoms with Crippen molar-refractivity contribution in [1.29, 1.82) is 0 Å². The van der Waals surface area contributed by atoms with Gasteiger partial charge in [-0.3, -0.25) is 4.79 Å². The van der Waals surface area contributed by atoms with E-state index in [1.807, 2.05) is 25.7 Å². The van der Waals surface area contributed by atoms with Crippen LogP contribution in [0, 0.1) is 0 Å². The fraction of sp³-hybridized carbons (Fsp3) is 0.565. The summed E-state index contributed by atoms with van der Waals surface area (Å²) in [6, 6.07) is 0. The number of carbonyl (C=O) groups excluding carboxylic acids is 1. The molecule has 4 rings (SSSR count). The van der Waals surface area contributed by atoms with Gasteiger partial charge in [0.05, 0.1) is 31.5 Å². The molecule has 160 valence electrons. The molecule has 0 radical (unpaired) electrons. The van der Waals surface area contributed by atoms with E-state index in [0.717, 1.165) is 53.9 Å². The summed E-state index contributed by atoms with van der Waals surface area (Å²) in [6.07, 6.45) is 4.45. The Morgan fingerprint density at radius 1 is 1.23 bits per heavy atom. The quantitative estimate of drug-likeness (QED) is 0.423. The first-order valence-electron chi connectivity index (χ1n) is 10.6. The highest BCUT2D eigenvalue weighted by atomic mass is 16.5. The van der Waals surface area contributed by atoms with Crippen molar-refractivity contribution in [1.82, 2.24) is 20.2 Å². The molecule has 7 heteroatoms. The number of aliphatic imine (C=N–C) groups is 1. The Kier molecular flexibility index (Phi) is 5.16. The maximum atomic E-state index is 13.6. The molecular weight excluding hydrogens is 378 g/mol. The number of nitrogens with one attached hydrogen (secondary N) is 1. The predicted octanol–water partition coefficient (Wildman–Crippen LogP) is 3.62. The third-order valence-electron chi connectivity index (χ3n) is 6.21. The van der Waals surface area contributed by atoms with Crippen LogP contribution in [-0.4, -0.2) is 40.1 Å². The summed E-state index contributed by atoms with van der Waals surface area (Å²) in [5.41, 5.74) is 4.33. The molecule has 1 aromatic heterocycles. The summed E-state index contributed by atoms with van der Waals surface area (Å²) in [7, 11) is 1.63. The van der Waals surface area contributed by atoms with Gasteiger partial charge in [-0.05, 0) is 60.1 Å². The standard InChI is InChI=1S/C23H31N5O2/c1-13(2)18(14(3)19(24-5)27-23(4)9-10-23)22(29)28-11-16-17(12-28)25-20(15-7-8-15)26-21(16)30-6/h15,27H,5,7-12H2,1-4,6H3/b19-14-. The van der Waals surface area contributed by atoms with Crippen LogP contribution >= 0.6 is 0 Å². The molecule has 1 aliphatic heterocycles. The van der Waals surface area contributed by atoms with E-state index in [-0.39, 0.29) is 11.4 Å². The monoisotopic (exact) mass is 409 g/mol. The summed E-state index contributed by atoms with van der Waals surface area (Å²) in [5.74, 6) is 2.54. The van der Waals surface area contributed by atoms with Gasteiger partial charge in [0.2, 0.25) is 5.88 Å². The fourth-order valence-corrected chi connectivity index (χ4v) is 3.96. The van der Waals surface area contributed by atoms with E-state index in [2.05, 4.69) is 28.9 Å². The lowest BCUT2D eigenvalue weighted by atomic mass is 10.0. The molecular formula is C23H31N5O2. The number of ether oxygens (including phenoxy) is 1. The molecule has 0 saturated heterocycles. The molecule has 30 heavy (non-hydrogen) atoms. The Labute approximate surface area is 178 Å². The summed E-state index contributed by atoms with van der Waals surface area (Å²) in [6.45, 7) is 12.7. The Morgan fingerprint density at radius 2 is 1.93 bits per heavy atom. The molecule has 0 unspecified atom stereocenters. The zero-order valence-electron chi connectivity index (χ0n) is 18.6. The lowest BCUT2D eigenvalue weighted by Crippen LogP contribution is -2.31. The second-order valence-electron chi connectivity index (χ2n) is 9.14. The predicted molar refractivity (Wildman–Crippen MR) is 116 cm³/mol. The van der Waals surface area contributed by atoms with Gasteiger partial charge >= 0.3 is 0 Å². The van der Waals surface area contributed by atoms with Crippen LogP contribution < -0.4 is 10.1 Å². The van der Waals surface area contributed by atoms with Crippen molar-refractivity contribution < 1.29 is 9.53 Å². The molecule has 0 aromatic carbocycles. The Morgan fingerprint density at radius 3 is 2.47 bits per heavy atom. The second kappa shape index (κ2) is 7.52. The number of carbonyl (C=O) groups is 1. The van der Waals surface area contributed by atoms with Gasteiger partial charge in [-0.2, -0.15) is 4.98 Å². The van der Waals surface area contributed by atoms with Crippen LogP contribution in [0.5, 0.6) is 5.88 Å². The Bertz CT molecular complexity index is 966. The van der Waals surface area contributed by atoms with E-state index in [9.17, 15) is 4.79 Å². The molecule has 2 aliphatic carbocycles. The lowest BCUT2D eigenvalue weighted by molar-refractivity contribution is -0.127. The van der Waals surface area contributed by atoms with Crippen LogP contribution in [0.2, 0.25) is 0 Å². The van der Waals surface area contributed by atoms with Gasteiger partial charge in [0.15, 0.2) is 0 Å². The first-order valence-corrected chi connectivity index (χ1v) is 10.6. The van der Waals surface area contributed by atoms with Gasteiger partial charge in [-0.1, -0.05) is 5.57 Å². The minimum Gasteiger partial charge on any atom is -0.481 e. The van der Waals surface area contributed by atoms with E-state index in [0.29, 0.717) is 36.3 Å². The summed E-state index contributed by atoms with van der Waals surface area (Å²) in [4.78, 5) is 29.0. The normalized spacial score (nSPS) is 19.6. The van der Waals surface area contributed by atoms with E-state index in [4.69, 9.17) is 9.72 Å². The van der Waals surface area contributed by atoms with Gasteiger partial charge in [0.1, 0.15) is 11.6 Å². The zero-order valence-corrected chi connectivity index (χ0v) is 18.6. The molecule has 3 aliphatic rings. The average molecular weight is 410 g/mol. The molecule has 0 bridgehead atoms. The molecule has 2 heterocycles. The number of rotatable bonds is 7. The molecule has 2 saturated carbocycles. The highest BCUT2D eigenvalue weighted by molar-refractivity contribution is 5.98. The highest BCUT2D eigenvalue weighted by Gasteiger charge is 2.39. The van der Waals surface area contributed by atoms with E-state index >= 15 is 0 Å². The van der Waals surface area contributed by atoms with E-state index < -0.39 is 0 Å². The zero-order chi connectivity index (χ0) is 21.6. The first-order chi connectivity index (χ1) is 14.3. The van der Waals surface area contributed by atoms with Crippen molar-refractivity contribution >= 4 is 12.6 Å². The van der Waals surface area contributed by atoms with Gasteiger partial charge in [0, 0.05) is 22.6 Å². The summed E-state index contributed by atoms with van der Waals surface area (Å²) < 4.78 is 5.53. The lowest BCUT2D eigenvalue weighted by Gasteiger charge is -2.22. The van der Waals surface area contributed by atoms with Crippen LogP contribution in [0.1, 0.15) is 76.4 Å². The van der Waals surface area contributed by atoms with Crippen molar-refractivity contribution in [2.45, 2.75) is 77.9 Å². The van der Waals surface area contributed by atoms with Crippen molar-refractivity contribution in [3.63, 3.8) is 0 Å². The average Bonchev–Trinajstić information content (AvgIpc) is 3.64. The van der Waals surface area contributed by atoms with Gasteiger partial charge in [-0.15, -0.1) is 0 Å². The maximum absolute atomic E-state index is 13.6. The SMILES string of the molecule is C=N/C(NC1(C)CC1)=C(\C)C(C(=O)N1Cc2nc(C3CC3)nc(OC)c2C1)=C(C)C. The van der Waals surface area contributed by atoms with Crippen LogP contribution in [-0.2, 0) is 17.9 Å². The topological polar surface area (TPSA) is 79.7 Å². The molecule has 0 atom stereocenters. The van der Waals surface area contributed by atoms with Crippen molar-refractivity contribution in [3.8, 4) is 5.88 Å². The molecule has 7 nitrogen and oxygen atoms in total. The van der Waals surface area contributed by atoms with Crippen molar-refractivity contribution in [2.24, 2.45) is 4.99 Å². The molecule has 0 spiro atoms. The molecule has 1 N–H and O–H groups in total. The van der Waals surface area contributed by atoms with Gasteiger partial charge in [0.25, 0.3) is 5.91 Å². The third kappa shape index (κ3) is 3.85. The third-order valence-corrected chi connectivity index (χ3v) is 6.21. The summed E-state index contributed by atoms with van der Waals surface area (Å²) >= 11 is 0. The number of methoxy groups -OCH3 is 1. The maximum Gasteiger partial charge on any atom is 0.254 e. The molecule has 1 aromatic rings. The van der Waals surface area contributed by atoms with Crippen LogP contribution in [0.25, 0.3) is 0 Å². The number of allylic oxidation sites excluding steroid dienone is 1. The first kappa shape index (κ1) is 20.6. The number of aromatic nitrogens is 2. The largest absolute Gasteiger partial charge is 0.481 e. The number of amides is 1. The smallest absolute Gasteiger partial charge is 0.254 e. The van der Waals surface area contributed by atoms with E-state index in [1.165, 1.54) is 0 Å². The minimum absolute atomic E-state index is 0.0237. The number of hydrogen-bond acceptors (Lipinski definition) is 6. The van der Waals surface area contributed by atoms with Crippen LogP contribution in [0.3, 0.4) is 0 Å². The van der Waals surface area contributed by atoms with Crippen molar-refractivity contribution in [3.05, 3.63) is 39.6 Å². The Balaban J connectivity index is 1.62. The number of fused-ring (bicyclic) bond motifs is 1. The number of nitrogens with zero attached hydrogens (tertiary/aromatic N) is 4. The van der Waals surface area contributed by atoms with Crippen molar-refractivity contribution in [2.75, 3.05) is 7.11 Å². The Hall–Kier alpha value is -2.70. The fourth-order valence-electron chi connectivity index (χ4n) is 3.96. The molecule has 1 amide bonds.